The fraction of sp³-hybridized carbons (Fsp3) is 0.538. The molecule has 19 heavy (non-hydrogen) atoms. The molecule has 2 rings (SSSR count). The van der Waals surface area contributed by atoms with E-state index >= 15 is 0 Å². The molecule has 1 N–H and O–H groups in total. The molecule has 106 valence electrons. The van der Waals surface area contributed by atoms with Gasteiger partial charge in [0, 0.05) is 6.54 Å². The molecule has 0 bridgehead atoms. The van der Waals surface area contributed by atoms with Crippen molar-refractivity contribution in [1.29, 1.82) is 0 Å². The molecule has 0 saturated carbocycles. The van der Waals surface area contributed by atoms with Crippen molar-refractivity contribution in [2.45, 2.75) is 25.1 Å². The number of alkyl halides is 3. The lowest BCUT2D eigenvalue weighted by Crippen LogP contribution is -2.37. The Morgan fingerprint density at radius 1 is 1.26 bits per heavy atom. The number of halogens is 3. The third-order valence-corrected chi connectivity index (χ3v) is 3.04. The van der Waals surface area contributed by atoms with Crippen molar-refractivity contribution in [1.82, 2.24) is 5.32 Å². The Kier molecular flexibility index (Phi) is 4.19. The fourth-order valence-corrected chi connectivity index (χ4v) is 2.05. The Balaban J connectivity index is 2.20. The lowest BCUT2D eigenvalue weighted by atomic mass is 10.1. The van der Waals surface area contributed by atoms with Crippen molar-refractivity contribution in [2.24, 2.45) is 0 Å². The van der Waals surface area contributed by atoms with Crippen LogP contribution in [0.1, 0.15) is 18.4 Å². The number of nitrogens with one attached hydrogen (secondary N) is 1. The van der Waals surface area contributed by atoms with E-state index in [-0.39, 0.29) is 11.9 Å². The van der Waals surface area contributed by atoms with Crippen LogP contribution in [0.25, 0.3) is 0 Å². The summed E-state index contributed by atoms with van der Waals surface area (Å²) >= 11 is 0. The molecule has 0 amide bonds. The Bertz CT molecular complexity index is 428. The van der Waals surface area contributed by atoms with Crippen molar-refractivity contribution in [3.8, 4) is 11.5 Å². The first-order chi connectivity index (χ1) is 9.00. The molecule has 0 radical (unpaired) electrons. The van der Waals surface area contributed by atoms with E-state index in [1.165, 1.54) is 13.2 Å². The van der Waals surface area contributed by atoms with Gasteiger partial charge in [0.05, 0.1) is 12.7 Å². The number of rotatable bonds is 3. The molecule has 1 saturated heterocycles. The van der Waals surface area contributed by atoms with Gasteiger partial charge in [0.1, 0.15) is 6.10 Å². The van der Waals surface area contributed by atoms with Crippen molar-refractivity contribution in [2.75, 3.05) is 20.2 Å². The molecule has 1 heterocycles. The number of benzene rings is 1. The monoisotopic (exact) mass is 275 g/mol. The van der Waals surface area contributed by atoms with E-state index in [9.17, 15) is 13.2 Å². The number of ether oxygens (including phenoxy) is 2. The summed E-state index contributed by atoms with van der Waals surface area (Å²) in [7, 11) is 1.41. The zero-order chi connectivity index (χ0) is 13.9. The van der Waals surface area contributed by atoms with E-state index < -0.39 is 11.7 Å². The normalized spacial score (nSPS) is 20.1. The maximum atomic E-state index is 12.7. The van der Waals surface area contributed by atoms with Crippen molar-refractivity contribution < 1.29 is 22.6 Å². The van der Waals surface area contributed by atoms with Crippen LogP contribution in [0.15, 0.2) is 18.2 Å². The van der Waals surface area contributed by atoms with E-state index in [4.69, 9.17) is 9.47 Å². The molecular weight excluding hydrogens is 259 g/mol. The predicted octanol–water partition coefficient (Wildman–Crippen LogP) is 2.84. The van der Waals surface area contributed by atoms with Gasteiger partial charge in [-0.15, -0.1) is 0 Å². The SMILES string of the molecule is COc1ccc(C(F)(F)F)cc1OC1CCCNC1. The minimum atomic E-state index is -4.38. The molecule has 0 aliphatic carbocycles. The molecule has 1 aromatic rings. The molecule has 1 aromatic carbocycles. The van der Waals surface area contributed by atoms with Crippen LogP contribution < -0.4 is 14.8 Å². The largest absolute Gasteiger partial charge is 0.493 e. The highest BCUT2D eigenvalue weighted by molar-refractivity contribution is 5.44. The molecule has 1 aliphatic rings. The van der Waals surface area contributed by atoms with Crippen LogP contribution in [0.5, 0.6) is 11.5 Å². The molecule has 1 aliphatic heterocycles. The van der Waals surface area contributed by atoms with Gasteiger partial charge < -0.3 is 14.8 Å². The molecule has 1 fully saturated rings. The first-order valence-electron chi connectivity index (χ1n) is 6.13. The quantitative estimate of drug-likeness (QED) is 0.920. The van der Waals surface area contributed by atoms with Crippen LogP contribution in [0.3, 0.4) is 0 Å². The average Bonchev–Trinajstić information content (AvgIpc) is 2.39. The van der Waals surface area contributed by atoms with Crippen molar-refractivity contribution in [3.05, 3.63) is 23.8 Å². The first kappa shape index (κ1) is 14.0. The van der Waals surface area contributed by atoms with E-state index in [1.807, 2.05) is 0 Å². The predicted molar refractivity (Wildman–Crippen MR) is 64.5 cm³/mol. The summed E-state index contributed by atoms with van der Waals surface area (Å²) in [4.78, 5) is 0. The highest BCUT2D eigenvalue weighted by atomic mass is 19.4. The number of piperidine rings is 1. The summed E-state index contributed by atoms with van der Waals surface area (Å²) in [6.07, 6.45) is -2.72. The summed E-state index contributed by atoms with van der Waals surface area (Å²) in [5.74, 6) is 0.463. The van der Waals surface area contributed by atoms with Gasteiger partial charge in [-0.05, 0) is 37.6 Å². The van der Waals surface area contributed by atoms with Crippen molar-refractivity contribution >= 4 is 0 Å². The minimum absolute atomic E-state index is 0.119. The average molecular weight is 275 g/mol. The topological polar surface area (TPSA) is 30.5 Å². The van der Waals surface area contributed by atoms with Crippen LogP contribution >= 0.6 is 0 Å². The number of methoxy groups -OCH3 is 1. The highest BCUT2D eigenvalue weighted by Gasteiger charge is 2.31. The molecular formula is C13H16F3NO2. The van der Waals surface area contributed by atoms with Crippen LogP contribution in [0.4, 0.5) is 13.2 Å². The van der Waals surface area contributed by atoms with Gasteiger partial charge in [-0.3, -0.25) is 0 Å². The van der Waals surface area contributed by atoms with Gasteiger partial charge in [0.2, 0.25) is 0 Å². The number of hydrogen-bond acceptors (Lipinski definition) is 3. The zero-order valence-electron chi connectivity index (χ0n) is 10.6. The van der Waals surface area contributed by atoms with Gasteiger partial charge >= 0.3 is 6.18 Å². The molecule has 3 nitrogen and oxygen atoms in total. The Labute approximate surface area is 109 Å². The van der Waals surface area contributed by atoms with Gasteiger partial charge in [-0.25, -0.2) is 0 Å². The fourth-order valence-electron chi connectivity index (χ4n) is 2.05. The molecule has 0 aromatic heterocycles. The zero-order valence-corrected chi connectivity index (χ0v) is 10.6. The molecule has 6 heteroatoms. The summed E-state index contributed by atoms with van der Waals surface area (Å²) < 4.78 is 48.7. The van der Waals surface area contributed by atoms with E-state index in [2.05, 4.69) is 5.32 Å². The van der Waals surface area contributed by atoms with Gasteiger partial charge in [-0.1, -0.05) is 0 Å². The smallest absolute Gasteiger partial charge is 0.416 e. The molecule has 1 atom stereocenters. The van der Waals surface area contributed by atoms with E-state index in [0.29, 0.717) is 12.3 Å². The van der Waals surface area contributed by atoms with Gasteiger partial charge in [-0.2, -0.15) is 13.2 Å². The highest BCUT2D eigenvalue weighted by Crippen LogP contribution is 2.36. The lowest BCUT2D eigenvalue weighted by molar-refractivity contribution is -0.137. The van der Waals surface area contributed by atoms with Crippen LogP contribution in [-0.2, 0) is 6.18 Å². The van der Waals surface area contributed by atoms with Crippen LogP contribution in [0.2, 0.25) is 0 Å². The second-order valence-electron chi connectivity index (χ2n) is 4.45. The van der Waals surface area contributed by atoms with Gasteiger partial charge in [0.15, 0.2) is 11.5 Å². The Morgan fingerprint density at radius 3 is 2.63 bits per heavy atom. The third-order valence-electron chi connectivity index (χ3n) is 3.04. The second-order valence-corrected chi connectivity index (χ2v) is 4.45. The molecule has 1 unspecified atom stereocenters. The number of hydrogen-bond donors (Lipinski definition) is 1. The maximum absolute atomic E-state index is 12.7. The maximum Gasteiger partial charge on any atom is 0.416 e. The summed E-state index contributed by atoms with van der Waals surface area (Å²) in [6.45, 7) is 1.55. The van der Waals surface area contributed by atoms with Crippen LogP contribution in [-0.4, -0.2) is 26.3 Å². The van der Waals surface area contributed by atoms with E-state index in [0.717, 1.165) is 31.5 Å². The van der Waals surface area contributed by atoms with Crippen molar-refractivity contribution in [3.63, 3.8) is 0 Å². The van der Waals surface area contributed by atoms with Crippen LogP contribution in [0, 0.1) is 0 Å². The molecule has 0 spiro atoms. The summed E-state index contributed by atoms with van der Waals surface area (Å²) in [5, 5.41) is 3.15. The Hall–Kier alpha value is -1.43. The second kappa shape index (κ2) is 5.69. The third kappa shape index (κ3) is 3.53. The minimum Gasteiger partial charge on any atom is -0.493 e. The van der Waals surface area contributed by atoms with E-state index in [1.54, 1.807) is 0 Å². The summed E-state index contributed by atoms with van der Waals surface area (Å²) in [6, 6.07) is 3.27. The standard InChI is InChI=1S/C13H16F3NO2/c1-18-11-5-4-9(13(14,15)16)7-12(11)19-10-3-2-6-17-8-10/h4-5,7,10,17H,2-3,6,8H2,1H3. The first-order valence-corrected chi connectivity index (χ1v) is 6.13. The lowest BCUT2D eigenvalue weighted by Gasteiger charge is -2.25. The van der Waals surface area contributed by atoms with Gasteiger partial charge in [0.25, 0.3) is 0 Å². The summed E-state index contributed by atoms with van der Waals surface area (Å²) in [5.41, 5.74) is -0.730. The Morgan fingerprint density at radius 2 is 2.05 bits per heavy atom.